The van der Waals surface area contributed by atoms with E-state index in [9.17, 15) is 4.79 Å². The minimum Gasteiger partial charge on any atom is -0.480 e. The number of aliphatic carboxylic acids is 1. The maximum absolute atomic E-state index is 11.0. The van der Waals surface area contributed by atoms with E-state index in [1.807, 2.05) is 0 Å². The highest BCUT2D eigenvalue weighted by Crippen LogP contribution is 2.38. The molecule has 0 unspecified atom stereocenters. The van der Waals surface area contributed by atoms with Crippen LogP contribution >= 0.6 is 0 Å². The minimum atomic E-state index is -0.835. The molecule has 0 spiro atoms. The zero-order valence-electron chi connectivity index (χ0n) is 8.92. The van der Waals surface area contributed by atoms with Crippen LogP contribution in [0.2, 0.25) is 0 Å². The van der Waals surface area contributed by atoms with Crippen molar-refractivity contribution >= 4 is 23.0 Å². The van der Waals surface area contributed by atoms with Gasteiger partial charge >= 0.3 is 5.97 Å². The number of fused-ring (bicyclic) bond motifs is 1. The highest BCUT2D eigenvalue weighted by Gasteiger charge is 2.50. The number of hydrogen-bond donors (Lipinski definition) is 2. The van der Waals surface area contributed by atoms with E-state index in [2.05, 4.69) is 20.3 Å². The Morgan fingerprint density at radius 1 is 1.29 bits per heavy atom. The molecule has 0 atom stereocenters. The zero-order valence-corrected chi connectivity index (χ0v) is 8.92. The summed E-state index contributed by atoms with van der Waals surface area (Å²) < 4.78 is 0. The Balaban J connectivity index is 1.94. The third-order valence-electron chi connectivity index (χ3n) is 2.86. The molecule has 6 heteroatoms. The molecule has 0 saturated heterocycles. The van der Waals surface area contributed by atoms with Gasteiger partial charge < -0.3 is 10.4 Å². The highest BCUT2D eigenvalue weighted by molar-refractivity contribution is 5.86. The van der Waals surface area contributed by atoms with Crippen molar-refractivity contribution in [1.29, 1.82) is 0 Å². The maximum Gasteiger partial charge on any atom is 0.329 e. The minimum absolute atomic E-state index is 0.513. The van der Waals surface area contributed by atoms with Crippen LogP contribution in [0.4, 0.5) is 5.82 Å². The summed E-state index contributed by atoms with van der Waals surface area (Å²) in [4.78, 5) is 23.4. The molecule has 2 aromatic rings. The van der Waals surface area contributed by atoms with E-state index < -0.39 is 11.5 Å². The summed E-state index contributed by atoms with van der Waals surface area (Å²) in [6, 6.07) is 3.50. The summed E-state index contributed by atoms with van der Waals surface area (Å²) in [6.45, 7) is 0. The summed E-state index contributed by atoms with van der Waals surface area (Å²) in [7, 11) is 0. The third-order valence-corrected chi connectivity index (χ3v) is 2.86. The molecule has 0 aromatic carbocycles. The van der Waals surface area contributed by atoms with Crippen molar-refractivity contribution in [3.8, 4) is 0 Å². The van der Waals surface area contributed by atoms with E-state index in [4.69, 9.17) is 5.11 Å². The van der Waals surface area contributed by atoms with Gasteiger partial charge in [-0.25, -0.2) is 14.8 Å². The Morgan fingerprint density at radius 2 is 2.06 bits per heavy atom. The zero-order chi connectivity index (χ0) is 11.9. The second kappa shape index (κ2) is 3.38. The lowest BCUT2D eigenvalue weighted by Crippen LogP contribution is -2.31. The molecule has 6 nitrogen and oxygen atoms in total. The SMILES string of the molecule is O=C(O)C1(Nc2ccc3nccnc3n2)CC1. The van der Waals surface area contributed by atoms with Gasteiger partial charge in [0.2, 0.25) is 0 Å². The molecule has 17 heavy (non-hydrogen) atoms. The molecule has 0 amide bonds. The van der Waals surface area contributed by atoms with Gasteiger partial charge in [0.1, 0.15) is 16.9 Å². The summed E-state index contributed by atoms with van der Waals surface area (Å²) in [5, 5.41) is 12.0. The molecular weight excluding hydrogens is 220 g/mol. The van der Waals surface area contributed by atoms with Crippen molar-refractivity contribution in [3.05, 3.63) is 24.5 Å². The Hall–Kier alpha value is -2.24. The van der Waals surface area contributed by atoms with Crippen LogP contribution in [0.1, 0.15) is 12.8 Å². The van der Waals surface area contributed by atoms with E-state index in [1.54, 1.807) is 24.5 Å². The molecular formula is C11H10N4O2. The number of carboxylic acid groups (broad SMARTS) is 1. The molecule has 2 heterocycles. The number of carbonyl (C=O) groups is 1. The quantitative estimate of drug-likeness (QED) is 0.819. The van der Waals surface area contributed by atoms with Crippen molar-refractivity contribution in [2.24, 2.45) is 0 Å². The summed E-state index contributed by atoms with van der Waals surface area (Å²) in [6.07, 6.45) is 4.41. The first-order valence-electron chi connectivity index (χ1n) is 5.29. The fourth-order valence-corrected chi connectivity index (χ4v) is 1.69. The average molecular weight is 230 g/mol. The lowest BCUT2D eigenvalue weighted by Gasteiger charge is -2.12. The van der Waals surface area contributed by atoms with Crippen LogP contribution < -0.4 is 5.32 Å². The van der Waals surface area contributed by atoms with Crippen molar-refractivity contribution in [3.63, 3.8) is 0 Å². The number of rotatable bonds is 3. The standard InChI is InChI=1S/C11H10N4O2/c16-10(17)11(3-4-11)15-8-2-1-7-9(14-8)13-6-5-12-7/h1-2,5-6H,3-4H2,(H,16,17)(H,13,14,15). The number of hydrogen-bond acceptors (Lipinski definition) is 5. The molecule has 0 radical (unpaired) electrons. The largest absolute Gasteiger partial charge is 0.480 e. The second-order valence-corrected chi connectivity index (χ2v) is 4.11. The maximum atomic E-state index is 11.0. The van der Waals surface area contributed by atoms with Gasteiger partial charge in [0.15, 0.2) is 5.65 Å². The lowest BCUT2D eigenvalue weighted by atomic mass is 10.2. The fraction of sp³-hybridized carbons (Fsp3) is 0.273. The number of nitrogens with zero attached hydrogens (tertiary/aromatic N) is 3. The van der Waals surface area contributed by atoms with E-state index in [-0.39, 0.29) is 0 Å². The molecule has 1 aliphatic rings. The first-order valence-corrected chi connectivity index (χ1v) is 5.29. The topological polar surface area (TPSA) is 88.0 Å². The number of aromatic nitrogens is 3. The van der Waals surface area contributed by atoms with Crippen LogP contribution in [0.3, 0.4) is 0 Å². The van der Waals surface area contributed by atoms with Gasteiger partial charge in [0, 0.05) is 12.4 Å². The first-order chi connectivity index (χ1) is 8.20. The summed E-state index contributed by atoms with van der Waals surface area (Å²) >= 11 is 0. The van der Waals surface area contributed by atoms with Crippen LogP contribution in [0, 0.1) is 0 Å². The number of pyridine rings is 1. The highest BCUT2D eigenvalue weighted by atomic mass is 16.4. The van der Waals surface area contributed by atoms with Crippen LogP contribution in [-0.2, 0) is 4.79 Å². The number of nitrogens with one attached hydrogen (secondary N) is 1. The number of anilines is 1. The first kappa shape index (κ1) is 9.95. The Labute approximate surface area is 96.7 Å². The average Bonchev–Trinajstić information content (AvgIpc) is 3.10. The molecule has 2 aromatic heterocycles. The smallest absolute Gasteiger partial charge is 0.329 e. The Morgan fingerprint density at radius 3 is 2.76 bits per heavy atom. The summed E-state index contributed by atoms with van der Waals surface area (Å²) in [5.74, 6) is -0.309. The predicted octanol–water partition coefficient (Wildman–Crippen LogP) is 1.05. The normalized spacial score (nSPS) is 16.7. The van der Waals surface area contributed by atoms with Gasteiger partial charge in [-0.15, -0.1) is 0 Å². The van der Waals surface area contributed by atoms with Crippen molar-refractivity contribution in [2.45, 2.75) is 18.4 Å². The van der Waals surface area contributed by atoms with Gasteiger partial charge in [-0.3, -0.25) is 4.98 Å². The Bertz CT molecular complexity index is 595. The van der Waals surface area contributed by atoms with Crippen molar-refractivity contribution in [2.75, 3.05) is 5.32 Å². The fourth-order valence-electron chi connectivity index (χ4n) is 1.69. The second-order valence-electron chi connectivity index (χ2n) is 4.11. The van der Waals surface area contributed by atoms with Crippen LogP contribution in [0.5, 0.6) is 0 Å². The molecule has 1 saturated carbocycles. The molecule has 2 N–H and O–H groups in total. The lowest BCUT2D eigenvalue weighted by molar-refractivity contribution is -0.138. The van der Waals surface area contributed by atoms with Gasteiger partial charge in [-0.2, -0.15) is 0 Å². The third kappa shape index (κ3) is 1.67. The molecule has 86 valence electrons. The molecule has 0 aliphatic heterocycles. The number of carboxylic acids is 1. The van der Waals surface area contributed by atoms with Crippen LogP contribution in [0.15, 0.2) is 24.5 Å². The monoisotopic (exact) mass is 230 g/mol. The molecule has 1 fully saturated rings. The van der Waals surface area contributed by atoms with Gasteiger partial charge in [0.05, 0.1) is 0 Å². The van der Waals surface area contributed by atoms with E-state index >= 15 is 0 Å². The van der Waals surface area contributed by atoms with Gasteiger partial charge in [-0.05, 0) is 25.0 Å². The molecule has 1 aliphatic carbocycles. The van der Waals surface area contributed by atoms with Crippen molar-refractivity contribution in [1.82, 2.24) is 15.0 Å². The van der Waals surface area contributed by atoms with Gasteiger partial charge in [-0.1, -0.05) is 0 Å². The molecule has 3 rings (SSSR count). The summed E-state index contributed by atoms with van der Waals surface area (Å²) in [5.41, 5.74) is 0.375. The van der Waals surface area contributed by atoms with E-state index in [0.29, 0.717) is 29.8 Å². The van der Waals surface area contributed by atoms with E-state index in [0.717, 1.165) is 0 Å². The van der Waals surface area contributed by atoms with Crippen molar-refractivity contribution < 1.29 is 9.90 Å². The molecule has 0 bridgehead atoms. The van der Waals surface area contributed by atoms with E-state index in [1.165, 1.54) is 0 Å². The Kier molecular flexibility index (Phi) is 1.98. The predicted molar refractivity (Wildman–Crippen MR) is 60.6 cm³/mol. The van der Waals surface area contributed by atoms with Gasteiger partial charge in [0.25, 0.3) is 0 Å². The van der Waals surface area contributed by atoms with Crippen LogP contribution in [-0.4, -0.2) is 31.6 Å². The van der Waals surface area contributed by atoms with Crippen LogP contribution in [0.25, 0.3) is 11.2 Å².